The highest BCUT2D eigenvalue weighted by molar-refractivity contribution is 6.11. The topological polar surface area (TPSA) is 105 Å². The Morgan fingerprint density at radius 2 is 1.91 bits per heavy atom. The summed E-state index contributed by atoms with van der Waals surface area (Å²) in [5.41, 5.74) is 0.173. The first-order valence-corrected chi connectivity index (χ1v) is 10.3. The molecule has 164 valence electrons. The van der Waals surface area contributed by atoms with Crippen LogP contribution < -0.4 is 19.7 Å². The lowest BCUT2D eigenvalue weighted by atomic mass is 9.91. The molecule has 9 heteroatoms. The number of imide groups is 1. The number of carbonyl (C=O) groups excluding carboxylic acids is 4. The Balaban J connectivity index is 1.36. The molecule has 1 N–H and O–H groups in total. The van der Waals surface area contributed by atoms with Crippen LogP contribution in [-0.4, -0.2) is 48.4 Å². The number of rotatable bonds is 5. The van der Waals surface area contributed by atoms with E-state index in [4.69, 9.17) is 9.47 Å². The molecule has 2 saturated heterocycles. The van der Waals surface area contributed by atoms with E-state index in [1.54, 1.807) is 54.3 Å². The molecule has 2 aromatic rings. The number of ether oxygens (including phenoxy) is 2. The van der Waals surface area contributed by atoms with Crippen molar-refractivity contribution in [3.05, 3.63) is 53.6 Å². The van der Waals surface area contributed by atoms with Gasteiger partial charge in [0.25, 0.3) is 5.91 Å². The predicted octanol–water partition coefficient (Wildman–Crippen LogP) is 2.19. The fraction of sp³-hybridized carbons (Fsp3) is 0.304. The van der Waals surface area contributed by atoms with Gasteiger partial charge in [0.2, 0.25) is 12.7 Å². The van der Waals surface area contributed by atoms with Gasteiger partial charge in [0.1, 0.15) is 5.54 Å². The molecule has 0 bridgehead atoms. The Bertz CT molecular complexity index is 1160. The van der Waals surface area contributed by atoms with Gasteiger partial charge in [-0.05, 0) is 43.2 Å². The summed E-state index contributed by atoms with van der Waals surface area (Å²) >= 11 is 0. The fourth-order valence-corrected chi connectivity index (χ4v) is 4.25. The number of anilines is 1. The first kappa shape index (κ1) is 20.0. The van der Waals surface area contributed by atoms with Gasteiger partial charge in [0, 0.05) is 24.2 Å². The SMILES string of the molecule is CC1(c2ccc3c(c2)OCO3)NC(=O)N(CC(=O)c2cccc(N3CCCC3=O)c2)C1=O. The summed E-state index contributed by atoms with van der Waals surface area (Å²) in [4.78, 5) is 53.3. The largest absolute Gasteiger partial charge is 0.454 e. The zero-order valence-corrected chi connectivity index (χ0v) is 17.4. The lowest BCUT2D eigenvalue weighted by Gasteiger charge is -2.22. The standard InChI is InChI=1S/C23H21N3O6/c1-23(15-7-8-18-19(11-15)32-13-31-18)21(29)26(22(30)24-23)12-17(27)14-4-2-5-16(10-14)25-9-3-6-20(25)28/h2,4-5,7-8,10-11H,3,6,9,12-13H2,1H3,(H,24,30). The van der Waals surface area contributed by atoms with E-state index in [2.05, 4.69) is 5.32 Å². The molecule has 3 aliphatic heterocycles. The number of carbonyl (C=O) groups is 4. The van der Waals surface area contributed by atoms with Crippen molar-refractivity contribution in [2.24, 2.45) is 0 Å². The highest BCUT2D eigenvalue weighted by atomic mass is 16.7. The second-order valence-corrected chi connectivity index (χ2v) is 8.14. The van der Waals surface area contributed by atoms with Crippen molar-refractivity contribution in [1.29, 1.82) is 0 Å². The molecule has 9 nitrogen and oxygen atoms in total. The maximum atomic E-state index is 13.2. The van der Waals surface area contributed by atoms with Crippen LogP contribution in [0.1, 0.15) is 35.7 Å². The number of urea groups is 1. The molecule has 2 fully saturated rings. The maximum Gasteiger partial charge on any atom is 0.325 e. The van der Waals surface area contributed by atoms with Gasteiger partial charge in [-0.15, -0.1) is 0 Å². The molecule has 0 saturated carbocycles. The van der Waals surface area contributed by atoms with E-state index in [1.165, 1.54) is 0 Å². The molecule has 3 heterocycles. The monoisotopic (exact) mass is 435 g/mol. The molecule has 4 amide bonds. The number of nitrogens with zero attached hydrogens (tertiary/aromatic N) is 2. The van der Waals surface area contributed by atoms with Crippen molar-refractivity contribution >= 4 is 29.3 Å². The highest BCUT2D eigenvalue weighted by Crippen LogP contribution is 2.38. The molecule has 32 heavy (non-hydrogen) atoms. The molecule has 0 radical (unpaired) electrons. The number of fused-ring (bicyclic) bond motifs is 1. The number of nitrogens with one attached hydrogen (secondary N) is 1. The van der Waals surface area contributed by atoms with Crippen LogP contribution in [0.5, 0.6) is 11.5 Å². The number of hydrogen-bond acceptors (Lipinski definition) is 6. The molecular weight excluding hydrogens is 414 g/mol. The van der Waals surface area contributed by atoms with Gasteiger partial charge in [-0.1, -0.05) is 18.2 Å². The van der Waals surface area contributed by atoms with Crippen molar-refractivity contribution in [3.63, 3.8) is 0 Å². The second-order valence-electron chi connectivity index (χ2n) is 8.14. The van der Waals surface area contributed by atoms with E-state index in [1.807, 2.05) is 0 Å². The second kappa shape index (κ2) is 7.37. The van der Waals surface area contributed by atoms with Crippen LogP contribution in [0, 0.1) is 0 Å². The third kappa shape index (κ3) is 3.17. The minimum Gasteiger partial charge on any atom is -0.454 e. The van der Waals surface area contributed by atoms with Crippen LogP contribution in [0.2, 0.25) is 0 Å². The summed E-state index contributed by atoms with van der Waals surface area (Å²) in [5.74, 6) is 0.159. The third-order valence-electron chi connectivity index (χ3n) is 6.08. The summed E-state index contributed by atoms with van der Waals surface area (Å²) in [6.07, 6.45) is 1.26. The summed E-state index contributed by atoms with van der Waals surface area (Å²) in [7, 11) is 0. The van der Waals surface area contributed by atoms with Crippen molar-refractivity contribution in [2.75, 3.05) is 24.8 Å². The highest BCUT2D eigenvalue weighted by Gasteiger charge is 2.50. The number of Topliss-reactive ketones (excluding diaryl/α,β-unsaturated/α-hetero) is 1. The van der Waals surface area contributed by atoms with Gasteiger partial charge in [0.15, 0.2) is 17.3 Å². The molecule has 3 aliphatic rings. The van der Waals surface area contributed by atoms with Crippen molar-refractivity contribution in [1.82, 2.24) is 10.2 Å². The zero-order chi connectivity index (χ0) is 22.5. The smallest absolute Gasteiger partial charge is 0.325 e. The first-order chi connectivity index (χ1) is 15.4. The minimum absolute atomic E-state index is 0.0168. The van der Waals surface area contributed by atoms with Gasteiger partial charge in [-0.2, -0.15) is 0 Å². The van der Waals surface area contributed by atoms with Crippen LogP contribution in [-0.2, 0) is 15.1 Å². The Morgan fingerprint density at radius 3 is 2.69 bits per heavy atom. The van der Waals surface area contributed by atoms with E-state index in [9.17, 15) is 19.2 Å². The first-order valence-electron chi connectivity index (χ1n) is 10.3. The van der Waals surface area contributed by atoms with E-state index < -0.39 is 29.8 Å². The Labute approximate surface area is 183 Å². The number of ketones is 1. The summed E-state index contributed by atoms with van der Waals surface area (Å²) in [6.45, 7) is 1.90. The van der Waals surface area contributed by atoms with E-state index in [0.717, 1.165) is 11.3 Å². The van der Waals surface area contributed by atoms with Gasteiger partial charge in [-0.3, -0.25) is 19.3 Å². The van der Waals surface area contributed by atoms with Crippen LogP contribution in [0.25, 0.3) is 0 Å². The van der Waals surface area contributed by atoms with E-state index in [0.29, 0.717) is 41.3 Å². The van der Waals surface area contributed by atoms with E-state index >= 15 is 0 Å². The molecule has 0 aromatic heterocycles. The Kier molecular flexibility index (Phi) is 4.61. The van der Waals surface area contributed by atoms with Crippen molar-refractivity contribution < 1.29 is 28.7 Å². The van der Waals surface area contributed by atoms with Gasteiger partial charge >= 0.3 is 6.03 Å². The normalized spacial score (nSPS) is 22.0. The zero-order valence-electron chi connectivity index (χ0n) is 17.4. The molecule has 1 atom stereocenters. The number of amides is 4. The lowest BCUT2D eigenvalue weighted by molar-refractivity contribution is -0.130. The van der Waals surface area contributed by atoms with Gasteiger partial charge in [-0.25, -0.2) is 4.79 Å². The van der Waals surface area contributed by atoms with Crippen molar-refractivity contribution in [2.45, 2.75) is 25.3 Å². The average Bonchev–Trinajstić information content (AvgIpc) is 3.49. The summed E-state index contributed by atoms with van der Waals surface area (Å²) in [6, 6.07) is 11.1. The Hall–Kier alpha value is -3.88. The predicted molar refractivity (Wildman–Crippen MR) is 113 cm³/mol. The van der Waals surface area contributed by atoms with Crippen LogP contribution in [0.3, 0.4) is 0 Å². The van der Waals surface area contributed by atoms with Gasteiger partial charge < -0.3 is 19.7 Å². The average molecular weight is 435 g/mol. The van der Waals surface area contributed by atoms with Gasteiger partial charge in [0.05, 0.1) is 6.54 Å². The molecular formula is C23H21N3O6. The number of hydrogen-bond donors (Lipinski definition) is 1. The maximum absolute atomic E-state index is 13.2. The minimum atomic E-state index is -1.33. The number of benzene rings is 2. The summed E-state index contributed by atoms with van der Waals surface area (Å²) in [5, 5.41) is 2.69. The molecule has 1 unspecified atom stereocenters. The molecule has 0 aliphatic carbocycles. The van der Waals surface area contributed by atoms with Crippen LogP contribution in [0.15, 0.2) is 42.5 Å². The van der Waals surface area contributed by atoms with Crippen molar-refractivity contribution in [3.8, 4) is 11.5 Å². The van der Waals surface area contributed by atoms with Crippen LogP contribution in [0.4, 0.5) is 10.5 Å². The molecule has 5 rings (SSSR count). The third-order valence-corrected chi connectivity index (χ3v) is 6.08. The lowest BCUT2D eigenvalue weighted by Crippen LogP contribution is -2.41. The quantitative estimate of drug-likeness (QED) is 0.570. The molecule has 0 spiro atoms. The summed E-state index contributed by atoms with van der Waals surface area (Å²) < 4.78 is 10.7. The van der Waals surface area contributed by atoms with E-state index in [-0.39, 0.29) is 12.7 Å². The van der Waals surface area contributed by atoms with Crippen LogP contribution >= 0.6 is 0 Å². The molecule has 2 aromatic carbocycles. The fourth-order valence-electron chi connectivity index (χ4n) is 4.25. The Morgan fingerprint density at radius 1 is 1.09 bits per heavy atom.